The molecule has 1 aliphatic rings. The van der Waals surface area contributed by atoms with Gasteiger partial charge in [0.15, 0.2) is 0 Å². The van der Waals surface area contributed by atoms with E-state index in [9.17, 15) is 9.59 Å². The summed E-state index contributed by atoms with van der Waals surface area (Å²) in [6, 6.07) is 15.6. The Labute approximate surface area is 197 Å². The minimum Gasteiger partial charge on any atom is -0.352 e. The quantitative estimate of drug-likeness (QED) is 0.514. The van der Waals surface area contributed by atoms with E-state index in [0.29, 0.717) is 30.3 Å². The summed E-state index contributed by atoms with van der Waals surface area (Å²) < 4.78 is 0. The SMILES string of the molecule is CC(C)c1ccc(CCC(=O)N(Cc2ccc(Cl)cc2)[C@H](C)C(=O)NC2CCCC2)cc1. The van der Waals surface area contributed by atoms with Crippen LogP contribution in [0.4, 0.5) is 0 Å². The number of amides is 2. The summed E-state index contributed by atoms with van der Waals surface area (Å²) in [4.78, 5) is 27.9. The summed E-state index contributed by atoms with van der Waals surface area (Å²) >= 11 is 6.02. The average molecular weight is 455 g/mol. The molecule has 0 saturated heterocycles. The molecule has 0 heterocycles. The molecule has 1 aliphatic carbocycles. The zero-order valence-corrected chi connectivity index (χ0v) is 20.2. The molecule has 2 aromatic rings. The van der Waals surface area contributed by atoms with Crippen molar-refractivity contribution in [2.45, 2.75) is 83.8 Å². The first-order chi connectivity index (χ1) is 15.3. The predicted octanol–water partition coefficient (Wildman–Crippen LogP) is 5.87. The number of nitrogens with zero attached hydrogens (tertiary/aromatic N) is 1. The second kappa shape index (κ2) is 11.5. The molecule has 172 valence electrons. The van der Waals surface area contributed by atoms with E-state index in [1.807, 2.05) is 31.2 Å². The van der Waals surface area contributed by atoms with Gasteiger partial charge in [-0.15, -0.1) is 0 Å². The molecule has 0 bridgehead atoms. The predicted molar refractivity (Wildman–Crippen MR) is 131 cm³/mol. The fourth-order valence-electron chi connectivity index (χ4n) is 4.23. The largest absolute Gasteiger partial charge is 0.352 e. The van der Waals surface area contributed by atoms with Crippen LogP contribution in [0.1, 0.15) is 75.5 Å². The fraction of sp³-hybridized carbons (Fsp3) is 0.481. The number of halogens is 1. The van der Waals surface area contributed by atoms with Crippen LogP contribution in [-0.2, 0) is 22.6 Å². The molecule has 1 saturated carbocycles. The van der Waals surface area contributed by atoms with Gasteiger partial charge in [0.25, 0.3) is 0 Å². The first-order valence-electron chi connectivity index (χ1n) is 11.8. The van der Waals surface area contributed by atoms with Crippen molar-refractivity contribution in [1.82, 2.24) is 10.2 Å². The molecular formula is C27H35ClN2O2. The van der Waals surface area contributed by atoms with Gasteiger partial charge in [-0.2, -0.15) is 0 Å². The molecule has 1 N–H and O–H groups in total. The van der Waals surface area contributed by atoms with Gasteiger partial charge in [-0.05, 0) is 60.9 Å². The van der Waals surface area contributed by atoms with Crippen LogP contribution in [-0.4, -0.2) is 28.8 Å². The monoisotopic (exact) mass is 454 g/mol. The molecule has 0 spiro atoms. The van der Waals surface area contributed by atoms with Crippen molar-refractivity contribution in [1.29, 1.82) is 0 Å². The first-order valence-corrected chi connectivity index (χ1v) is 12.1. The third-order valence-electron chi connectivity index (χ3n) is 6.41. The van der Waals surface area contributed by atoms with Gasteiger partial charge in [-0.3, -0.25) is 9.59 Å². The molecule has 0 unspecified atom stereocenters. The van der Waals surface area contributed by atoms with Gasteiger partial charge < -0.3 is 10.2 Å². The van der Waals surface area contributed by atoms with Crippen LogP contribution in [0.15, 0.2) is 48.5 Å². The first kappa shape index (κ1) is 24.3. The number of rotatable bonds is 9. The Morgan fingerprint density at radius 1 is 0.969 bits per heavy atom. The smallest absolute Gasteiger partial charge is 0.242 e. The molecular weight excluding hydrogens is 420 g/mol. The van der Waals surface area contributed by atoms with Crippen LogP contribution >= 0.6 is 11.6 Å². The van der Waals surface area contributed by atoms with E-state index in [2.05, 4.69) is 43.4 Å². The van der Waals surface area contributed by atoms with Crippen molar-refractivity contribution in [3.63, 3.8) is 0 Å². The molecule has 1 fully saturated rings. The summed E-state index contributed by atoms with van der Waals surface area (Å²) in [6.07, 6.45) is 5.39. The van der Waals surface area contributed by atoms with Crippen molar-refractivity contribution >= 4 is 23.4 Å². The summed E-state index contributed by atoms with van der Waals surface area (Å²) in [6.45, 7) is 6.56. The standard InChI is InChI=1S/C27H35ClN2O2/c1-19(2)23-13-8-21(9-14-23)12-17-26(31)30(18-22-10-15-24(28)16-11-22)20(3)27(32)29-25-6-4-5-7-25/h8-11,13-16,19-20,25H,4-7,12,17-18H2,1-3H3,(H,29,32)/t20-/m1/s1. The van der Waals surface area contributed by atoms with E-state index in [-0.39, 0.29) is 17.9 Å². The Hall–Kier alpha value is -2.33. The van der Waals surface area contributed by atoms with Gasteiger partial charge in [0, 0.05) is 24.0 Å². The maximum Gasteiger partial charge on any atom is 0.242 e. The third kappa shape index (κ3) is 6.83. The molecule has 2 aromatic carbocycles. The Balaban J connectivity index is 1.68. The molecule has 4 nitrogen and oxygen atoms in total. The number of carbonyl (C=O) groups is 2. The third-order valence-corrected chi connectivity index (χ3v) is 6.66. The van der Waals surface area contributed by atoms with Crippen molar-refractivity contribution in [3.05, 3.63) is 70.2 Å². The minimum atomic E-state index is -0.526. The lowest BCUT2D eigenvalue weighted by molar-refractivity contribution is -0.140. The van der Waals surface area contributed by atoms with Crippen LogP contribution in [0.3, 0.4) is 0 Å². The van der Waals surface area contributed by atoms with Crippen LogP contribution in [0.2, 0.25) is 5.02 Å². The highest BCUT2D eigenvalue weighted by Gasteiger charge is 2.28. The lowest BCUT2D eigenvalue weighted by atomic mass is 10.00. The highest BCUT2D eigenvalue weighted by molar-refractivity contribution is 6.30. The number of benzene rings is 2. The lowest BCUT2D eigenvalue weighted by Gasteiger charge is -2.30. The fourth-order valence-corrected chi connectivity index (χ4v) is 4.35. The minimum absolute atomic E-state index is 0.0121. The number of hydrogen-bond acceptors (Lipinski definition) is 2. The van der Waals surface area contributed by atoms with E-state index >= 15 is 0 Å². The van der Waals surface area contributed by atoms with E-state index in [0.717, 1.165) is 36.8 Å². The molecule has 2 amide bonds. The highest BCUT2D eigenvalue weighted by Crippen LogP contribution is 2.20. The normalized spacial score (nSPS) is 15.0. The van der Waals surface area contributed by atoms with Gasteiger partial charge >= 0.3 is 0 Å². The highest BCUT2D eigenvalue weighted by atomic mass is 35.5. The Bertz CT molecular complexity index is 887. The zero-order chi connectivity index (χ0) is 23.1. The maximum absolute atomic E-state index is 13.3. The number of carbonyl (C=O) groups excluding carboxylic acids is 2. The van der Waals surface area contributed by atoms with Crippen molar-refractivity contribution in [3.8, 4) is 0 Å². The molecule has 1 atom stereocenters. The lowest BCUT2D eigenvalue weighted by Crippen LogP contribution is -2.49. The second-order valence-corrected chi connectivity index (χ2v) is 9.65. The summed E-state index contributed by atoms with van der Waals surface area (Å²) in [7, 11) is 0. The van der Waals surface area contributed by atoms with Crippen LogP contribution in [0.25, 0.3) is 0 Å². The van der Waals surface area contributed by atoms with Crippen LogP contribution < -0.4 is 5.32 Å². The Morgan fingerprint density at radius 3 is 2.16 bits per heavy atom. The van der Waals surface area contributed by atoms with E-state index in [1.165, 1.54) is 5.56 Å². The number of hydrogen-bond donors (Lipinski definition) is 1. The van der Waals surface area contributed by atoms with Gasteiger partial charge in [0.05, 0.1) is 0 Å². The molecule has 32 heavy (non-hydrogen) atoms. The molecule has 0 aliphatic heterocycles. The second-order valence-electron chi connectivity index (χ2n) is 9.21. The van der Waals surface area contributed by atoms with Gasteiger partial charge in [-0.1, -0.05) is 74.7 Å². The van der Waals surface area contributed by atoms with E-state index in [1.54, 1.807) is 4.90 Å². The molecule has 5 heteroatoms. The Kier molecular flexibility index (Phi) is 8.75. The summed E-state index contributed by atoms with van der Waals surface area (Å²) in [5.41, 5.74) is 3.39. The topological polar surface area (TPSA) is 49.4 Å². The number of nitrogens with one attached hydrogen (secondary N) is 1. The van der Waals surface area contributed by atoms with E-state index < -0.39 is 6.04 Å². The molecule has 0 radical (unpaired) electrons. The average Bonchev–Trinajstić information content (AvgIpc) is 3.30. The maximum atomic E-state index is 13.3. The molecule has 0 aromatic heterocycles. The van der Waals surface area contributed by atoms with Gasteiger partial charge in [0.2, 0.25) is 11.8 Å². The number of aryl methyl sites for hydroxylation is 1. The van der Waals surface area contributed by atoms with Crippen LogP contribution in [0, 0.1) is 0 Å². The van der Waals surface area contributed by atoms with E-state index in [4.69, 9.17) is 11.6 Å². The van der Waals surface area contributed by atoms with Crippen molar-refractivity contribution in [2.24, 2.45) is 0 Å². The van der Waals surface area contributed by atoms with Gasteiger partial charge in [0.1, 0.15) is 6.04 Å². The van der Waals surface area contributed by atoms with Crippen molar-refractivity contribution < 1.29 is 9.59 Å². The van der Waals surface area contributed by atoms with Crippen LogP contribution in [0.5, 0.6) is 0 Å². The summed E-state index contributed by atoms with van der Waals surface area (Å²) in [5, 5.41) is 3.80. The van der Waals surface area contributed by atoms with Crippen molar-refractivity contribution in [2.75, 3.05) is 0 Å². The zero-order valence-electron chi connectivity index (χ0n) is 19.4. The Morgan fingerprint density at radius 2 is 1.56 bits per heavy atom. The molecule has 3 rings (SSSR count). The van der Waals surface area contributed by atoms with Gasteiger partial charge in [-0.25, -0.2) is 0 Å². The summed E-state index contributed by atoms with van der Waals surface area (Å²) in [5.74, 6) is 0.405.